The topological polar surface area (TPSA) is 106 Å². The van der Waals surface area contributed by atoms with Crippen LogP contribution in [0, 0.1) is 0 Å². The molecule has 2 heterocycles. The molecule has 0 amide bonds. The van der Waals surface area contributed by atoms with Crippen LogP contribution in [0.4, 0.5) is 5.69 Å². The van der Waals surface area contributed by atoms with Crippen LogP contribution < -0.4 is 11.3 Å². The van der Waals surface area contributed by atoms with Gasteiger partial charge in [-0.2, -0.15) is 5.10 Å². The molecule has 102 valence electrons. The number of fused-ring (bicyclic) bond motifs is 1. The first-order chi connectivity index (χ1) is 9.10. The van der Waals surface area contributed by atoms with Crippen LogP contribution >= 0.6 is 0 Å². The molecular weight excluding hydrogens is 246 g/mol. The molecular formula is C12H17N5O2. The molecule has 0 radical (unpaired) electrons. The second kappa shape index (κ2) is 5.23. The van der Waals surface area contributed by atoms with Crippen LogP contribution in [0.5, 0.6) is 0 Å². The number of esters is 1. The van der Waals surface area contributed by atoms with Crippen molar-refractivity contribution in [3.8, 4) is 0 Å². The second-order valence-electron chi connectivity index (χ2n) is 4.40. The maximum Gasteiger partial charge on any atom is 0.342 e. The fourth-order valence-electron chi connectivity index (χ4n) is 1.96. The molecule has 2 aromatic heterocycles. The SMILES string of the molecule is CCOC(=O)c1c(C(C)C)nc2[nH]ncc2c1NN. The minimum atomic E-state index is -0.435. The Morgan fingerprint density at radius 2 is 2.32 bits per heavy atom. The Morgan fingerprint density at radius 1 is 1.58 bits per heavy atom. The molecule has 7 nitrogen and oxygen atoms in total. The van der Waals surface area contributed by atoms with Gasteiger partial charge in [0.15, 0.2) is 5.65 Å². The highest BCUT2D eigenvalue weighted by Gasteiger charge is 2.24. The average Bonchev–Trinajstić information content (AvgIpc) is 2.84. The maximum absolute atomic E-state index is 12.1. The number of nitrogen functional groups attached to an aromatic ring is 1. The Morgan fingerprint density at radius 3 is 2.89 bits per heavy atom. The second-order valence-corrected chi connectivity index (χ2v) is 4.40. The number of nitrogens with one attached hydrogen (secondary N) is 2. The highest BCUT2D eigenvalue weighted by atomic mass is 16.5. The Kier molecular flexibility index (Phi) is 3.66. The zero-order valence-corrected chi connectivity index (χ0v) is 11.2. The van der Waals surface area contributed by atoms with Crippen molar-refractivity contribution < 1.29 is 9.53 Å². The molecule has 0 saturated carbocycles. The molecule has 7 heteroatoms. The number of aromatic amines is 1. The summed E-state index contributed by atoms with van der Waals surface area (Å²) >= 11 is 0. The van der Waals surface area contributed by atoms with Crippen molar-refractivity contribution in [3.63, 3.8) is 0 Å². The highest BCUT2D eigenvalue weighted by Crippen LogP contribution is 2.31. The molecule has 2 rings (SSSR count). The largest absolute Gasteiger partial charge is 0.462 e. The first-order valence-corrected chi connectivity index (χ1v) is 6.10. The summed E-state index contributed by atoms with van der Waals surface area (Å²) in [4.78, 5) is 16.6. The number of anilines is 1. The van der Waals surface area contributed by atoms with Crippen molar-refractivity contribution >= 4 is 22.7 Å². The Labute approximate surface area is 110 Å². The predicted molar refractivity (Wildman–Crippen MR) is 71.7 cm³/mol. The molecule has 0 spiro atoms. The lowest BCUT2D eigenvalue weighted by Gasteiger charge is -2.15. The summed E-state index contributed by atoms with van der Waals surface area (Å²) < 4.78 is 5.08. The summed E-state index contributed by atoms with van der Waals surface area (Å²) in [5.41, 5.74) is 4.63. The van der Waals surface area contributed by atoms with E-state index in [2.05, 4.69) is 20.6 Å². The molecule has 0 aliphatic rings. The minimum absolute atomic E-state index is 0.0548. The van der Waals surface area contributed by atoms with E-state index in [4.69, 9.17) is 10.6 Å². The van der Waals surface area contributed by atoms with E-state index in [1.54, 1.807) is 13.1 Å². The molecule has 4 N–H and O–H groups in total. The predicted octanol–water partition coefficient (Wildman–Crippen LogP) is 1.54. The number of hydrazine groups is 1. The minimum Gasteiger partial charge on any atom is -0.462 e. The molecule has 0 aliphatic heterocycles. The number of nitrogens with zero attached hydrogens (tertiary/aromatic N) is 2. The van der Waals surface area contributed by atoms with Crippen molar-refractivity contribution in [2.45, 2.75) is 26.7 Å². The number of ether oxygens (including phenoxy) is 1. The molecule has 0 aliphatic carbocycles. The van der Waals surface area contributed by atoms with Gasteiger partial charge in [-0.15, -0.1) is 0 Å². The summed E-state index contributed by atoms with van der Waals surface area (Å²) in [6.07, 6.45) is 1.57. The highest BCUT2D eigenvalue weighted by molar-refractivity contribution is 6.05. The van der Waals surface area contributed by atoms with Crippen LogP contribution in [0.2, 0.25) is 0 Å². The summed E-state index contributed by atoms with van der Waals surface area (Å²) in [6.45, 7) is 5.96. The molecule has 0 fully saturated rings. The standard InChI is InChI=1S/C12H17N5O2/c1-4-19-12(18)8-9(6(2)3)15-11-7(5-14-17-11)10(8)16-13/h5-6H,4,13H2,1-3H3,(H2,14,15,16,17). The van der Waals surface area contributed by atoms with Gasteiger partial charge in [0.1, 0.15) is 5.56 Å². The third-order valence-electron chi connectivity index (χ3n) is 2.80. The van der Waals surface area contributed by atoms with Gasteiger partial charge in [-0.1, -0.05) is 13.8 Å². The normalized spacial score (nSPS) is 11.0. The van der Waals surface area contributed by atoms with Gasteiger partial charge >= 0.3 is 5.97 Å². The Balaban J connectivity index is 2.74. The number of hydrogen-bond acceptors (Lipinski definition) is 6. The molecule has 0 aromatic carbocycles. The van der Waals surface area contributed by atoms with Crippen LogP contribution in [0.3, 0.4) is 0 Å². The van der Waals surface area contributed by atoms with Gasteiger partial charge in [0.2, 0.25) is 0 Å². The number of carbonyl (C=O) groups excluding carboxylic acids is 1. The first kappa shape index (κ1) is 13.3. The number of rotatable bonds is 4. The summed E-state index contributed by atoms with van der Waals surface area (Å²) in [5, 5.41) is 7.36. The van der Waals surface area contributed by atoms with Crippen LogP contribution in [-0.4, -0.2) is 27.8 Å². The zero-order valence-electron chi connectivity index (χ0n) is 11.2. The summed E-state index contributed by atoms with van der Waals surface area (Å²) in [6, 6.07) is 0. The molecule has 0 atom stereocenters. The number of H-pyrrole nitrogens is 1. The van der Waals surface area contributed by atoms with Gasteiger partial charge in [0, 0.05) is 0 Å². The fourth-order valence-corrected chi connectivity index (χ4v) is 1.96. The maximum atomic E-state index is 12.1. The lowest BCUT2D eigenvalue weighted by atomic mass is 10.0. The lowest BCUT2D eigenvalue weighted by molar-refractivity contribution is 0.0525. The first-order valence-electron chi connectivity index (χ1n) is 6.10. The molecule has 0 unspecified atom stereocenters. The number of pyridine rings is 1. The van der Waals surface area contributed by atoms with E-state index < -0.39 is 5.97 Å². The van der Waals surface area contributed by atoms with Crippen molar-refractivity contribution in [2.24, 2.45) is 5.84 Å². The number of nitrogens with two attached hydrogens (primary N) is 1. The van der Waals surface area contributed by atoms with Gasteiger partial charge in [-0.05, 0) is 12.8 Å². The van der Waals surface area contributed by atoms with E-state index in [9.17, 15) is 4.79 Å². The van der Waals surface area contributed by atoms with Crippen LogP contribution in [-0.2, 0) is 4.74 Å². The van der Waals surface area contributed by atoms with Crippen molar-refractivity contribution in [2.75, 3.05) is 12.0 Å². The lowest BCUT2D eigenvalue weighted by Crippen LogP contribution is -2.18. The van der Waals surface area contributed by atoms with Crippen molar-refractivity contribution in [1.82, 2.24) is 15.2 Å². The third kappa shape index (κ3) is 2.24. The summed E-state index contributed by atoms with van der Waals surface area (Å²) in [5.74, 6) is 5.17. The Bertz CT molecular complexity index is 605. The van der Waals surface area contributed by atoms with E-state index in [1.165, 1.54) is 0 Å². The van der Waals surface area contributed by atoms with Crippen LogP contribution in [0.15, 0.2) is 6.20 Å². The van der Waals surface area contributed by atoms with E-state index in [0.29, 0.717) is 34.6 Å². The van der Waals surface area contributed by atoms with Crippen LogP contribution in [0.25, 0.3) is 11.0 Å². The quantitative estimate of drug-likeness (QED) is 0.439. The molecule has 2 aromatic rings. The van der Waals surface area contributed by atoms with Crippen LogP contribution in [0.1, 0.15) is 42.7 Å². The van der Waals surface area contributed by atoms with Crippen molar-refractivity contribution in [1.29, 1.82) is 0 Å². The number of aromatic nitrogens is 3. The molecule has 19 heavy (non-hydrogen) atoms. The summed E-state index contributed by atoms with van der Waals surface area (Å²) in [7, 11) is 0. The molecule has 0 bridgehead atoms. The number of hydrogen-bond donors (Lipinski definition) is 3. The van der Waals surface area contributed by atoms with Gasteiger partial charge in [0.25, 0.3) is 0 Å². The van der Waals surface area contributed by atoms with Crippen molar-refractivity contribution in [3.05, 3.63) is 17.5 Å². The van der Waals surface area contributed by atoms with E-state index in [-0.39, 0.29) is 5.92 Å². The van der Waals surface area contributed by atoms with Gasteiger partial charge in [-0.3, -0.25) is 10.9 Å². The average molecular weight is 263 g/mol. The van der Waals surface area contributed by atoms with E-state index in [0.717, 1.165) is 0 Å². The third-order valence-corrected chi connectivity index (χ3v) is 2.80. The smallest absolute Gasteiger partial charge is 0.342 e. The van der Waals surface area contributed by atoms with E-state index >= 15 is 0 Å². The fraction of sp³-hybridized carbons (Fsp3) is 0.417. The van der Waals surface area contributed by atoms with Gasteiger partial charge < -0.3 is 10.2 Å². The zero-order chi connectivity index (χ0) is 14.0. The molecule has 0 saturated heterocycles. The number of carbonyl (C=O) groups is 1. The monoisotopic (exact) mass is 263 g/mol. The van der Waals surface area contributed by atoms with Gasteiger partial charge in [0.05, 0.1) is 29.6 Å². The van der Waals surface area contributed by atoms with Gasteiger partial charge in [-0.25, -0.2) is 9.78 Å². The van der Waals surface area contributed by atoms with E-state index in [1.807, 2.05) is 13.8 Å². The Hall–Kier alpha value is -2.15.